The van der Waals surface area contributed by atoms with Crippen LogP contribution in [-0.2, 0) is 19.7 Å². The Hall–Kier alpha value is -0.960. The van der Waals surface area contributed by atoms with Crippen LogP contribution in [-0.4, -0.2) is 39.6 Å². The molecule has 130 valence electrons. The van der Waals surface area contributed by atoms with Crippen molar-refractivity contribution in [2.45, 2.75) is 44.9 Å². The molecule has 8 heteroatoms. The van der Waals surface area contributed by atoms with Crippen LogP contribution in [0.3, 0.4) is 0 Å². The van der Waals surface area contributed by atoms with Crippen molar-refractivity contribution >= 4 is 27.3 Å². The summed E-state index contributed by atoms with van der Waals surface area (Å²) in [6, 6.07) is 0. The van der Waals surface area contributed by atoms with E-state index in [0.717, 1.165) is 36.4 Å². The Kier molecular flexibility index (Phi) is 5.83. The average Bonchev–Trinajstić information content (AvgIpc) is 2.72. The van der Waals surface area contributed by atoms with Crippen LogP contribution in [0.15, 0.2) is 4.90 Å². The molecule has 1 aliphatic heterocycles. The van der Waals surface area contributed by atoms with Gasteiger partial charge in [-0.15, -0.1) is 11.3 Å². The van der Waals surface area contributed by atoms with Gasteiger partial charge < -0.3 is 4.84 Å². The second kappa shape index (κ2) is 7.29. The number of hydrogen-bond acceptors (Lipinski definition) is 6. The molecule has 0 radical (unpaired) electrons. The predicted molar refractivity (Wildman–Crippen MR) is 89.8 cm³/mol. The van der Waals surface area contributed by atoms with E-state index in [1.807, 2.05) is 12.0 Å². The Morgan fingerprint density at radius 3 is 2.35 bits per heavy atom. The summed E-state index contributed by atoms with van der Waals surface area (Å²) < 4.78 is 27.2. The van der Waals surface area contributed by atoms with Gasteiger partial charge in [0.05, 0.1) is 7.11 Å². The minimum Gasteiger partial charge on any atom is -0.302 e. The van der Waals surface area contributed by atoms with Gasteiger partial charge in [-0.1, -0.05) is 0 Å². The highest BCUT2D eigenvalue weighted by Crippen LogP contribution is 2.30. The van der Waals surface area contributed by atoms with E-state index < -0.39 is 15.9 Å². The number of sulfonamides is 1. The third-order valence-corrected chi connectivity index (χ3v) is 7.22. The van der Waals surface area contributed by atoms with Gasteiger partial charge in [0.1, 0.15) is 4.90 Å². The fraction of sp³-hybridized carbons (Fsp3) is 0.667. The first kappa shape index (κ1) is 18.4. The normalized spacial score (nSPS) is 17.4. The lowest BCUT2D eigenvalue weighted by Gasteiger charge is -2.29. The summed E-state index contributed by atoms with van der Waals surface area (Å²) >= 11 is 1.44. The molecule has 0 aliphatic carbocycles. The van der Waals surface area contributed by atoms with Gasteiger partial charge >= 0.3 is 0 Å². The first-order valence-electron chi connectivity index (χ1n) is 7.66. The summed E-state index contributed by atoms with van der Waals surface area (Å²) in [4.78, 5) is 19.2. The SMILES string of the molecule is CON1CCC(CC(=O)NS(=O)(=O)c2c(C)sc(C)c2C)CC1. The molecule has 2 heterocycles. The third kappa shape index (κ3) is 4.32. The zero-order valence-corrected chi connectivity index (χ0v) is 15.6. The van der Waals surface area contributed by atoms with Crippen molar-refractivity contribution in [3.63, 3.8) is 0 Å². The quantitative estimate of drug-likeness (QED) is 0.871. The lowest BCUT2D eigenvalue weighted by Crippen LogP contribution is -2.37. The fourth-order valence-electron chi connectivity index (χ4n) is 2.97. The van der Waals surface area contributed by atoms with Crippen molar-refractivity contribution in [3.05, 3.63) is 15.3 Å². The molecule has 6 nitrogen and oxygen atoms in total. The average molecular weight is 361 g/mol. The molecular formula is C15H24N2O4S2. The second-order valence-electron chi connectivity index (χ2n) is 5.96. The van der Waals surface area contributed by atoms with Gasteiger partial charge in [0, 0.05) is 29.3 Å². The molecule has 0 aromatic carbocycles. The largest absolute Gasteiger partial charge is 0.302 e. The van der Waals surface area contributed by atoms with Crippen molar-refractivity contribution < 1.29 is 18.0 Å². The topological polar surface area (TPSA) is 75.7 Å². The van der Waals surface area contributed by atoms with Crippen molar-refractivity contribution in [1.82, 2.24) is 9.79 Å². The van der Waals surface area contributed by atoms with Gasteiger partial charge in [-0.25, -0.2) is 13.1 Å². The Balaban J connectivity index is 1.99. The molecule has 1 aromatic heterocycles. The number of nitrogens with one attached hydrogen (secondary N) is 1. The van der Waals surface area contributed by atoms with Crippen LogP contribution >= 0.6 is 11.3 Å². The first-order chi connectivity index (χ1) is 10.7. The number of rotatable bonds is 5. The minimum absolute atomic E-state index is 0.197. The van der Waals surface area contributed by atoms with Crippen molar-refractivity contribution in [2.75, 3.05) is 20.2 Å². The molecule has 0 saturated carbocycles. The summed E-state index contributed by atoms with van der Waals surface area (Å²) in [5.41, 5.74) is 0.723. The van der Waals surface area contributed by atoms with E-state index in [1.165, 1.54) is 11.3 Å². The number of hydrogen-bond donors (Lipinski definition) is 1. The molecule has 1 saturated heterocycles. The van der Waals surface area contributed by atoms with E-state index in [0.29, 0.717) is 4.88 Å². The third-order valence-electron chi connectivity index (χ3n) is 4.32. The van der Waals surface area contributed by atoms with Gasteiger partial charge in [-0.3, -0.25) is 4.79 Å². The summed E-state index contributed by atoms with van der Waals surface area (Å²) in [7, 11) is -2.16. The number of aryl methyl sites for hydroxylation is 2. The fourth-order valence-corrected chi connectivity index (χ4v) is 5.87. The maximum Gasteiger partial charge on any atom is 0.265 e. The summed E-state index contributed by atoms with van der Waals surface area (Å²) in [5, 5.41) is 1.85. The van der Waals surface area contributed by atoms with Gasteiger partial charge in [0.2, 0.25) is 5.91 Å². The van der Waals surface area contributed by atoms with Gasteiger partial charge in [0.15, 0.2) is 0 Å². The molecule has 1 fully saturated rings. The maximum atomic E-state index is 12.5. The van der Waals surface area contributed by atoms with Crippen LogP contribution in [0.2, 0.25) is 0 Å². The number of thiophene rings is 1. The van der Waals surface area contributed by atoms with Crippen molar-refractivity contribution in [3.8, 4) is 0 Å². The summed E-state index contributed by atoms with van der Waals surface area (Å²) in [6.07, 6.45) is 1.89. The number of piperidine rings is 1. The highest BCUT2D eigenvalue weighted by atomic mass is 32.2. The Labute approximate surface area is 141 Å². The van der Waals surface area contributed by atoms with Crippen LogP contribution in [0, 0.1) is 26.7 Å². The Morgan fingerprint density at radius 1 is 1.26 bits per heavy atom. The number of amides is 1. The molecule has 1 aliphatic rings. The van der Waals surface area contributed by atoms with E-state index >= 15 is 0 Å². The minimum atomic E-state index is -3.79. The molecule has 0 atom stereocenters. The monoisotopic (exact) mass is 360 g/mol. The lowest BCUT2D eigenvalue weighted by atomic mass is 9.94. The predicted octanol–water partition coefficient (Wildman–Crippen LogP) is 2.14. The molecule has 0 unspecified atom stereocenters. The first-order valence-corrected chi connectivity index (χ1v) is 9.96. The molecule has 0 bridgehead atoms. The van der Waals surface area contributed by atoms with Crippen LogP contribution in [0.1, 0.15) is 34.6 Å². The van der Waals surface area contributed by atoms with E-state index in [-0.39, 0.29) is 17.2 Å². The highest BCUT2D eigenvalue weighted by molar-refractivity contribution is 7.90. The van der Waals surface area contributed by atoms with Crippen molar-refractivity contribution in [1.29, 1.82) is 0 Å². The van der Waals surface area contributed by atoms with Gasteiger partial charge in [0.25, 0.3) is 10.0 Å². The maximum absolute atomic E-state index is 12.5. The molecule has 1 amide bonds. The van der Waals surface area contributed by atoms with E-state index in [2.05, 4.69) is 4.72 Å². The number of nitrogens with zero attached hydrogens (tertiary/aromatic N) is 1. The molecular weight excluding hydrogens is 336 g/mol. The molecule has 23 heavy (non-hydrogen) atoms. The second-order valence-corrected chi connectivity index (χ2v) is 9.00. The van der Waals surface area contributed by atoms with Crippen LogP contribution in [0.5, 0.6) is 0 Å². The molecule has 1 N–H and O–H groups in total. The smallest absolute Gasteiger partial charge is 0.265 e. The molecule has 0 spiro atoms. The van der Waals surface area contributed by atoms with Crippen LogP contribution in [0.4, 0.5) is 0 Å². The number of carbonyl (C=O) groups is 1. The van der Waals surface area contributed by atoms with Crippen LogP contribution in [0.25, 0.3) is 0 Å². The Bertz CT molecular complexity index is 674. The van der Waals surface area contributed by atoms with Gasteiger partial charge in [-0.2, -0.15) is 5.06 Å². The lowest BCUT2D eigenvalue weighted by molar-refractivity contribution is -0.149. The standard InChI is InChI=1S/C15H24N2O4S2/c1-10-11(2)22-12(3)15(10)23(19,20)16-14(18)9-13-5-7-17(21-4)8-6-13/h13H,5-9H2,1-4H3,(H,16,18). The number of hydroxylamine groups is 2. The summed E-state index contributed by atoms with van der Waals surface area (Å²) in [6.45, 7) is 6.96. The summed E-state index contributed by atoms with van der Waals surface area (Å²) in [5.74, 6) is -0.230. The van der Waals surface area contributed by atoms with Crippen LogP contribution < -0.4 is 4.72 Å². The number of carbonyl (C=O) groups excluding carboxylic acids is 1. The molecule has 1 aromatic rings. The zero-order valence-electron chi connectivity index (χ0n) is 14.0. The molecule has 2 rings (SSSR count). The highest BCUT2D eigenvalue weighted by Gasteiger charge is 2.27. The van der Waals surface area contributed by atoms with Crippen molar-refractivity contribution in [2.24, 2.45) is 5.92 Å². The van der Waals surface area contributed by atoms with E-state index in [9.17, 15) is 13.2 Å². The van der Waals surface area contributed by atoms with E-state index in [1.54, 1.807) is 21.0 Å². The zero-order chi connectivity index (χ0) is 17.2. The van der Waals surface area contributed by atoms with E-state index in [4.69, 9.17) is 4.84 Å². The van der Waals surface area contributed by atoms with Gasteiger partial charge in [-0.05, 0) is 45.1 Å². The Morgan fingerprint density at radius 2 is 1.87 bits per heavy atom.